The Bertz CT molecular complexity index is 1500. The number of aliphatic imine (C=N–C) groups is 1. The van der Waals surface area contributed by atoms with Gasteiger partial charge in [0.2, 0.25) is 0 Å². The summed E-state index contributed by atoms with van der Waals surface area (Å²) in [4.78, 5) is 14.8. The number of hydrogen-bond acceptors (Lipinski definition) is 5. The van der Waals surface area contributed by atoms with Gasteiger partial charge in [0.1, 0.15) is 0 Å². The topological polar surface area (TPSA) is 63.8 Å². The van der Waals surface area contributed by atoms with Crippen molar-refractivity contribution >= 4 is 50.5 Å². The van der Waals surface area contributed by atoms with Crippen molar-refractivity contribution < 1.29 is 4.74 Å². The molecule has 8 heteroatoms. The Morgan fingerprint density at radius 1 is 1.06 bits per heavy atom. The lowest BCUT2D eigenvalue weighted by molar-refractivity contribution is 0.0864. The average Bonchev–Trinajstić information content (AvgIpc) is 2.89. The van der Waals surface area contributed by atoms with E-state index in [1.54, 1.807) is 0 Å². The van der Waals surface area contributed by atoms with E-state index in [1.807, 2.05) is 54.9 Å². The Morgan fingerprint density at radius 2 is 1.86 bits per heavy atom. The fourth-order valence-corrected chi connectivity index (χ4v) is 5.34. The van der Waals surface area contributed by atoms with Gasteiger partial charge < -0.3 is 14.6 Å². The molecule has 4 aliphatic rings. The maximum Gasteiger partial charge on any atom is 0.0900 e. The molecule has 1 fully saturated rings. The van der Waals surface area contributed by atoms with Crippen molar-refractivity contribution in [2.24, 2.45) is 9.98 Å². The lowest BCUT2D eigenvalue weighted by Gasteiger charge is -2.22. The van der Waals surface area contributed by atoms with Crippen LogP contribution in [0.3, 0.4) is 0 Å². The molecule has 1 saturated heterocycles. The number of anilines is 1. The van der Waals surface area contributed by atoms with Crippen LogP contribution in [0.2, 0.25) is 5.02 Å². The number of benzene rings is 3. The van der Waals surface area contributed by atoms with E-state index >= 15 is 0 Å². The molecular formula is C28H25BrClN5O. The first-order valence-corrected chi connectivity index (χ1v) is 13.4. The van der Waals surface area contributed by atoms with Crippen molar-refractivity contribution in [2.45, 2.75) is 30.1 Å². The molecule has 36 heavy (non-hydrogen) atoms. The number of hydrogen-bond donors (Lipinski definition) is 1. The lowest BCUT2D eigenvalue weighted by Crippen LogP contribution is -2.24. The summed E-state index contributed by atoms with van der Waals surface area (Å²) in [6.45, 7) is 1.49. The van der Waals surface area contributed by atoms with Gasteiger partial charge >= 0.3 is 0 Å². The second-order valence-electron chi connectivity index (χ2n) is 9.04. The van der Waals surface area contributed by atoms with Gasteiger partial charge in [0, 0.05) is 48.5 Å². The third kappa shape index (κ3) is 4.83. The molecule has 0 aromatic heterocycles. The smallest absolute Gasteiger partial charge is 0.0900 e. The van der Waals surface area contributed by atoms with E-state index in [4.69, 9.17) is 26.3 Å². The van der Waals surface area contributed by atoms with Crippen molar-refractivity contribution in [3.63, 3.8) is 0 Å². The van der Waals surface area contributed by atoms with Crippen molar-refractivity contribution in [2.75, 3.05) is 18.5 Å². The van der Waals surface area contributed by atoms with Gasteiger partial charge in [-0.1, -0.05) is 39.7 Å². The highest BCUT2D eigenvalue weighted by molar-refractivity contribution is 9.10. The van der Waals surface area contributed by atoms with Crippen LogP contribution in [0.5, 0.6) is 0 Å². The number of rotatable bonds is 4. The first kappa shape index (κ1) is 23.4. The maximum atomic E-state index is 6.22. The van der Waals surface area contributed by atoms with Gasteiger partial charge in [-0.15, -0.1) is 0 Å². The zero-order chi connectivity index (χ0) is 24.5. The van der Waals surface area contributed by atoms with Gasteiger partial charge in [-0.25, -0.2) is 4.98 Å². The highest BCUT2D eigenvalue weighted by atomic mass is 79.9. The molecular weight excluding hydrogens is 538 g/mol. The van der Waals surface area contributed by atoms with Crippen LogP contribution < -0.4 is 10.7 Å². The Balaban J connectivity index is 1.59. The average molecular weight is 563 g/mol. The van der Waals surface area contributed by atoms with E-state index in [0.717, 1.165) is 77.3 Å². The van der Waals surface area contributed by atoms with E-state index in [-0.39, 0.29) is 10.9 Å². The van der Waals surface area contributed by atoms with E-state index in [9.17, 15) is 0 Å². The van der Waals surface area contributed by atoms with Crippen molar-refractivity contribution in [1.29, 1.82) is 0 Å². The van der Waals surface area contributed by atoms with Gasteiger partial charge in [0.25, 0.3) is 0 Å². The monoisotopic (exact) mass is 561 g/mol. The first-order valence-electron chi connectivity index (χ1n) is 12.1. The van der Waals surface area contributed by atoms with Crippen molar-refractivity contribution in [3.8, 4) is 17.1 Å². The minimum Gasteiger partial charge on any atom is -0.381 e. The predicted octanol–water partition coefficient (Wildman–Crippen LogP) is 6.35. The number of allylic oxidation sites excluding steroid dienone is 1. The Kier molecular flexibility index (Phi) is 6.61. The molecule has 2 aromatic carbocycles. The van der Waals surface area contributed by atoms with Crippen molar-refractivity contribution in [3.05, 3.63) is 82.9 Å². The van der Waals surface area contributed by atoms with Crippen LogP contribution in [-0.4, -0.2) is 39.8 Å². The van der Waals surface area contributed by atoms with Crippen molar-refractivity contribution in [1.82, 2.24) is 9.55 Å². The van der Waals surface area contributed by atoms with E-state index in [2.05, 4.69) is 49.0 Å². The largest absolute Gasteiger partial charge is 0.381 e. The van der Waals surface area contributed by atoms with Crippen LogP contribution in [-0.2, 0) is 4.74 Å². The Labute approximate surface area is 222 Å². The summed E-state index contributed by atoms with van der Waals surface area (Å²) in [6.07, 6.45) is 6.44. The van der Waals surface area contributed by atoms with Crippen LogP contribution in [0.25, 0.3) is 28.1 Å². The van der Waals surface area contributed by atoms with Crippen LogP contribution in [0, 0.1) is 0 Å². The number of aromatic nitrogens is 2. The molecule has 0 spiro atoms. The molecule has 182 valence electrons. The molecule has 1 N–H and O–H groups in total. The molecule has 3 aliphatic heterocycles. The van der Waals surface area contributed by atoms with Crippen LogP contribution in [0.4, 0.5) is 5.69 Å². The molecule has 1 unspecified atom stereocenters. The number of nitrogens with one attached hydrogen (secondary N) is 1. The third-order valence-corrected chi connectivity index (χ3v) is 7.30. The number of alkyl halides is 1. The molecule has 0 radical (unpaired) electrons. The Morgan fingerprint density at radius 3 is 2.67 bits per heavy atom. The summed E-state index contributed by atoms with van der Waals surface area (Å²) in [5, 5.41) is 5.22. The molecule has 0 saturated carbocycles. The molecule has 6 nitrogen and oxygen atoms in total. The van der Waals surface area contributed by atoms with Gasteiger partial charge in [-0.3, -0.25) is 9.98 Å². The minimum absolute atomic E-state index is 0.204. The van der Waals surface area contributed by atoms with Gasteiger partial charge in [0.15, 0.2) is 0 Å². The number of nitrogens with zero attached hydrogens (tertiary/aromatic N) is 4. The maximum absolute atomic E-state index is 6.22. The lowest BCUT2D eigenvalue weighted by atomic mass is 10.1. The molecule has 1 aliphatic carbocycles. The number of para-hydroxylation sites is 2. The van der Waals surface area contributed by atoms with Gasteiger partial charge in [-0.05, 0) is 61.4 Å². The van der Waals surface area contributed by atoms with E-state index in [1.165, 1.54) is 0 Å². The summed E-state index contributed by atoms with van der Waals surface area (Å²) >= 11 is 9.87. The van der Waals surface area contributed by atoms with Crippen LogP contribution in [0.15, 0.2) is 82.5 Å². The fraction of sp³-hybridized carbons (Fsp3) is 0.250. The highest BCUT2D eigenvalue weighted by Gasteiger charge is 2.19. The summed E-state index contributed by atoms with van der Waals surface area (Å²) in [5.41, 5.74) is 6.80. The quantitative estimate of drug-likeness (QED) is 0.233. The second-order valence-corrected chi connectivity index (χ2v) is 10.7. The molecule has 0 bridgehead atoms. The van der Waals surface area contributed by atoms with Gasteiger partial charge in [0.05, 0.1) is 44.3 Å². The molecule has 2 aromatic rings. The predicted molar refractivity (Wildman–Crippen MR) is 150 cm³/mol. The number of fused-ring (bicyclic) bond motifs is 2. The molecule has 0 amide bonds. The summed E-state index contributed by atoms with van der Waals surface area (Å²) in [7, 11) is 0. The Hall–Kier alpha value is -3.00. The molecule has 3 heterocycles. The van der Waals surface area contributed by atoms with Crippen LogP contribution >= 0.6 is 27.5 Å². The second kappa shape index (κ2) is 10.2. The summed E-state index contributed by atoms with van der Waals surface area (Å²) in [5.74, 6) is 0. The first-order chi connectivity index (χ1) is 17.6. The fourth-order valence-electron chi connectivity index (χ4n) is 4.73. The highest BCUT2D eigenvalue weighted by Crippen LogP contribution is 2.31. The van der Waals surface area contributed by atoms with E-state index < -0.39 is 0 Å². The summed E-state index contributed by atoms with van der Waals surface area (Å²) in [6, 6.07) is 20.6. The molecule has 6 rings (SSSR count). The summed E-state index contributed by atoms with van der Waals surface area (Å²) < 4.78 is 7.81. The molecule has 1 atom stereocenters. The van der Waals surface area contributed by atoms with Gasteiger partial charge in [-0.2, -0.15) is 0 Å². The minimum atomic E-state index is 0.204. The van der Waals surface area contributed by atoms with Crippen LogP contribution in [0.1, 0.15) is 19.3 Å². The third-order valence-electron chi connectivity index (χ3n) is 6.48. The number of ether oxygens (including phenoxy) is 1. The zero-order valence-corrected chi connectivity index (χ0v) is 21.9. The number of halogens is 2. The zero-order valence-electron chi connectivity index (χ0n) is 19.6. The standard InChI is InChI=1S/C28H25BrClN5O/c29-18-13-21(17-31-16-18)33-24-14-26-28(15-25(24)32-20-9-11-36-12-10-20)35(22-7-5-19(30)6-8-22)27-4-2-1-3-23(27)34-26/h1-8,14-18,20,33H,9-13H2/b32-25+. The van der Waals surface area contributed by atoms with E-state index in [0.29, 0.717) is 5.02 Å². The SMILES string of the molecule is Clc1ccc(-n2c3c/c(=N\C4CCOCC4)c(NC4=CN=CC(Br)C4)cc-3nc3ccccc32)cc1. The normalized spacial score (nSPS) is 19.1.